The average Bonchev–Trinajstić information content (AvgIpc) is 2.90. The molecular weight excluding hydrogens is 228 g/mol. The maximum atomic E-state index is 11.9. The summed E-state index contributed by atoms with van der Waals surface area (Å²) in [5.74, 6) is 0.106. The van der Waals surface area contributed by atoms with E-state index < -0.39 is 0 Å². The Labute approximate surface area is 106 Å². The van der Waals surface area contributed by atoms with Gasteiger partial charge < -0.3 is 4.90 Å². The van der Waals surface area contributed by atoms with Crippen LogP contribution in [0, 0.1) is 0 Å². The lowest BCUT2D eigenvalue weighted by Crippen LogP contribution is -2.27. The van der Waals surface area contributed by atoms with Gasteiger partial charge in [-0.05, 0) is 5.56 Å². The lowest BCUT2D eigenvalue weighted by atomic mass is 10.2. The molecule has 94 valence electrons. The molecule has 1 amide bonds. The minimum absolute atomic E-state index is 0.106. The van der Waals surface area contributed by atoms with Crippen molar-refractivity contribution in [3.8, 4) is 0 Å². The van der Waals surface area contributed by atoms with Crippen LogP contribution in [-0.2, 0) is 17.9 Å². The largest absolute Gasteiger partial charge is 0.341 e. The van der Waals surface area contributed by atoms with Crippen LogP contribution >= 0.6 is 0 Å². The highest BCUT2D eigenvalue weighted by Crippen LogP contribution is 2.04. The second-order valence-electron chi connectivity index (χ2n) is 4.14. The van der Waals surface area contributed by atoms with Crippen LogP contribution in [0.4, 0.5) is 0 Å². The van der Waals surface area contributed by atoms with Gasteiger partial charge >= 0.3 is 0 Å². The topological polar surface area (TPSA) is 51.0 Å². The van der Waals surface area contributed by atoms with Crippen molar-refractivity contribution < 1.29 is 4.79 Å². The Morgan fingerprint density at radius 1 is 1.33 bits per heavy atom. The molecule has 0 bridgehead atoms. The number of nitrogens with zero attached hydrogens (tertiary/aromatic N) is 4. The van der Waals surface area contributed by atoms with E-state index in [-0.39, 0.29) is 5.91 Å². The van der Waals surface area contributed by atoms with Crippen LogP contribution in [0.2, 0.25) is 0 Å². The predicted molar refractivity (Wildman–Crippen MR) is 67.6 cm³/mol. The Balaban J connectivity index is 1.82. The number of benzene rings is 1. The van der Waals surface area contributed by atoms with Crippen molar-refractivity contribution >= 4 is 5.91 Å². The summed E-state index contributed by atoms with van der Waals surface area (Å²) in [4.78, 5) is 17.5. The van der Waals surface area contributed by atoms with E-state index in [0.29, 0.717) is 19.5 Å². The van der Waals surface area contributed by atoms with Crippen molar-refractivity contribution in [1.29, 1.82) is 0 Å². The van der Waals surface area contributed by atoms with Gasteiger partial charge in [-0.15, -0.1) is 0 Å². The lowest BCUT2D eigenvalue weighted by molar-refractivity contribution is -0.130. The summed E-state index contributed by atoms with van der Waals surface area (Å²) in [6.07, 6.45) is 3.52. The Bertz CT molecular complexity index is 481. The first kappa shape index (κ1) is 12.3. The molecule has 0 aliphatic heterocycles. The molecule has 0 aliphatic carbocycles. The number of rotatable bonds is 5. The number of aryl methyl sites for hydroxylation is 1. The monoisotopic (exact) mass is 244 g/mol. The van der Waals surface area contributed by atoms with E-state index in [4.69, 9.17) is 0 Å². The zero-order chi connectivity index (χ0) is 12.8. The number of hydrogen-bond acceptors (Lipinski definition) is 3. The molecule has 0 fully saturated rings. The van der Waals surface area contributed by atoms with Gasteiger partial charge in [0.25, 0.3) is 0 Å². The van der Waals surface area contributed by atoms with Crippen LogP contribution in [0.5, 0.6) is 0 Å². The fourth-order valence-corrected chi connectivity index (χ4v) is 1.69. The number of carbonyl (C=O) groups is 1. The van der Waals surface area contributed by atoms with Gasteiger partial charge in [0.15, 0.2) is 0 Å². The summed E-state index contributed by atoms with van der Waals surface area (Å²) in [5, 5.41) is 3.97. The first-order valence-corrected chi connectivity index (χ1v) is 5.86. The number of amides is 1. The first-order chi connectivity index (χ1) is 8.75. The highest BCUT2D eigenvalue weighted by Gasteiger charge is 2.09. The van der Waals surface area contributed by atoms with E-state index >= 15 is 0 Å². The molecule has 0 saturated heterocycles. The molecule has 0 saturated carbocycles. The lowest BCUT2D eigenvalue weighted by Gasteiger charge is -2.17. The van der Waals surface area contributed by atoms with Crippen molar-refractivity contribution in [2.45, 2.75) is 19.5 Å². The van der Waals surface area contributed by atoms with Crippen LogP contribution in [-0.4, -0.2) is 32.6 Å². The van der Waals surface area contributed by atoms with Crippen LogP contribution in [0.1, 0.15) is 12.0 Å². The van der Waals surface area contributed by atoms with Crippen molar-refractivity contribution in [2.24, 2.45) is 0 Å². The smallest absolute Gasteiger partial charge is 0.224 e. The summed E-state index contributed by atoms with van der Waals surface area (Å²) >= 11 is 0. The van der Waals surface area contributed by atoms with Crippen molar-refractivity contribution in [2.75, 3.05) is 7.05 Å². The quantitative estimate of drug-likeness (QED) is 0.797. The van der Waals surface area contributed by atoms with E-state index in [1.165, 1.54) is 6.33 Å². The van der Waals surface area contributed by atoms with Crippen molar-refractivity contribution in [3.05, 3.63) is 48.5 Å². The molecule has 2 aromatic rings. The molecule has 5 nitrogen and oxygen atoms in total. The number of hydrogen-bond donors (Lipinski definition) is 0. The molecule has 1 aromatic carbocycles. The van der Waals surface area contributed by atoms with Crippen LogP contribution in [0.25, 0.3) is 0 Å². The molecule has 0 spiro atoms. The van der Waals surface area contributed by atoms with Crippen LogP contribution < -0.4 is 0 Å². The van der Waals surface area contributed by atoms with Crippen LogP contribution in [0.15, 0.2) is 43.0 Å². The van der Waals surface area contributed by atoms with E-state index in [0.717, 1.165) is 5.56 Å². The summed E-state index contributed by atoms with van der Waals surface area (Å²) in [6, 6.07) is 9.95. The first-order valence-electron chi connectivity index (χ1n) is 5.86. The second kappa shape index (κ2) is 5.95. The summed E-state index contributed by atoms with van der Waals surface area (Å²) in [7, 11) is 1.82. The van der Waals surface area contributed by atoms with Gasteiger partial charge in [-0.2, -0.15) is 5.10 Å². The zero-order valence-electron chi connectivity index (χ0n) is 10.4. The summed E-state index contributed by atoms with van der Waals surface area (Å²) < 4.78 is 1.66. The fraction of sp³-hybridized carbons (Fsp3) is 0.308. The predicted octanol–water partition coefficient (Wildman–Crippen LogP) is 1.33. The highest BCUT2D eigenvalue weighted by atomic mass is 16.2. The van der Waals surface area contributed by atoms with E-state index in [1.54, 1.807) is 15.9 Å². The third-order valence-electron chi connectivity index (χ3n) is 2.71. The maximum absolute atomic E-state index is 11.9. The zero-order valence-corrected chi connectivity index (χ0v) is 10.4. The normalized spacial score (nSPS) is 10.3. The van der Waals surface area contributed by atoms with Gasteiger partial charge in [-0.3, -0.25) is 9.48 Å². The third-order valence-corrected chi connectivity index (χ3v) is 2.71. The highest BCUT2D eigenvalue weighted by molar-refractivity contribution is 5.75. The molecule has 0 atom stereocenters. The Morgan fingerprint density at radius 3 is 2.78 bits per heavy atom. The van der Waals surface area contributed by atoms with Gasteiger partial charge in [0.05, 0.1) is 6.54 Å². The van der Waals surface area contributed by atoms with Gasteiger partial charge in [-0.25, -0.2) is 4.98 Å². The number of aromatic nitrogens is 3. The van der Waals surface area contributed by atoms with Gasteiger partial charge in [0.2, 0.25) is 5.91 Å². The molecule has 2 rings (SSSR count). The molecule has 0 aliphatic rings. The van der Waals surface area contributed by atoms with Gasteiger partial charge in [0.1, 0.15) is 12.7 Å². The maximum Gasteiger partial charge on any atom is 0.224 e. The molecule has 1 heterocycles. The fourth-order valence-electron chi connectivity index (χ4n) is 1.69. The Kier molecular flexibility index (Phi) is 4.06. The molecule has 1 aromatic heterocycles. The minimum Gasteiger partial charge on any atom is -0.341 e. The Hall–Kier alpha value is -2.17. The SMILES string of the molecule is CN(Cc1ccccc1)C(=O)CCn1cncn1. The number of carbonyl (C=O) groups excluding carboxylic acids is 1. The summed E-state index contributed by atoms with van der Waals surface area (Å²) in [5.41, 5.74) is 1.13. The molecule has 0 N–H and O–H groups in total. The second-order valence-corrected chi connectivity index (χ2v) is 4.14. The van der Waals surface area contributed by atoms with Gasteiger partial charge in [0, 0.05) is 20.0 Å². The Morgan fingerprint density at radius 2 is 2.11 bits per heavy atom. The molecule has 0 unspecified atom stereocenters. The van der Waals surface area contributed by atoms with E-state index in [2.05, 4.69) is 10.1 Å². The van der Waals surface area contributed by atoms with E-state index in [1.807, 2.05) is 37.4 Å². The standard InChI is InChI=1S/C13H16N4O/c1-16(9-12-5-3-2-4-6-12)13(18)7-8-17-11-14-10-15-17/h2-6,10-11H,7-9H2,1H3. The molecular formula is C13H16N4O. The van der Waals surface area contributed by atoms with E-state index in [9.17, 15) is 4.79 Å². The molecule has 5 heteroatoms. The summed E-state index contributed by atoms with van der Waals surface area (Å²) in [6.45, 7) is 1.20. The van der Waals surface area contributed by atoms with Crippen LogP contribution in [0.3, 0.4) is 0 Å². The van der Waals surface area contributed by atoms with Crippen molar-refractivity contribution in [3.63, 3.8) is 0 Å². The van der Waals surface area contributed by atoms with Crippen molar-refractivity contribution in [1.82, 2.24) is 19.7 Å². The van der Waals surface area contributed by atoms with Gasteiger partial charge in [-0.1, -0.05) is 30.3 Å². The molecule has 18 heavy (non-hydrogen) atoms. The molecule has 0 radical (unpaired) electrons. The average molecular weight is 244 g/mol. The minimum atomic E-state index is 0.106. The third kappa shape index (κ3) is 3.41.